The van der Waals surface area contributed by atoms with Crippen molar-refractivity contribution in [2.75, 3.05) is 6.61 Å². The van der Waals surface area contributed by atoms with E-state index in [1.54, 1.807) is 6.07 Å². The van der Waals surface area contributed by atoms with Crippen LogP contribution in [0.5, 0.6) is 5.75 Å². The summed E-state index contributed by atoms with van der Waals surface area (Å²) in [5.74, 6) is -0.693. The van der Waals surface area contributed by atoms with Gasteiger partial charge in [-0.15, -0.1) is 0 Å². The molecular weight excluding hydrogens is 272 g/mol. The second-order valence-corrected chi connectivity index (χ2v) is 5.36. The summed E-state index contributed by atoms with van der Waals surface area (Å²) >= 11 is 0. The van der Waals surface area contributed by atoms with Crippen LogP contribution in [-0.4, -0.2) is 12.6 Å². The van der Waals surface area contributed by atoms with Gasteiger partial charge in [-0.05, 0) is 36.1 Å². The minimum absolute atomic E-state index is 0.0950. The monoisotopic (exact) mass is 289 g/mol. The van der Waals surface area contributed by atoms with E-state index in [2.05, 4.69) is 0 Å². The molecule has 0 fully saturated rings. The maximum atomic E-state index is 13.8. The molecule has 0 aliphatic carbocycles. The summed E-state index contributed by atoms with van der Waals surface area (Å²) in [4.78, 5) is 0. The Kier molecular flexibility index (Phi) is 3.88. The standard InChI is InChI=1S/C17H17F2NO/c18-14-6-3-4-11(17(14)19)10-15(20)12-8-9-21-16-7-2-1-5-13(12)16/h1-7,12,15H,8-10,20H2. The Labute approximate surface area is 122 Å². The van der Waals surface area contributed by atoms with Crippen molar-refractivity contribution in [1.29, 1.82) is 0 Å². The average molecular weight is 289 g/mol. The lowest BCUT2D eigenvalue weighted by Crippen LogP contribution is -2.34. The highest BCUT2D eigenvalue weighted by Gasteiger charge is 2.27. The van der Waals surface area contributed by atoms with Crippen LogP contribution in [0.1, 0.15) is 23.5 Å². The Hall–Kier alpha value is -1.94. The molecule has 0 amide bonds. The highest BCUT2D eigenvalue weighted by molar-refractivity contribution is 5.39. The van der Waals surface area contributed by atoms with Crippen molar-refractivity contribution >= 4 is 0 Å². The third-order valence-electron chi connectivity index (χ3n) is 4.01. The van der Waals surface area contributed by atoms with Crippen molar-refractivity contribution in [1.82, 2.24) is 0 Å². The van der Waals surface area contributed by atoms with Crippen LogP contribution < -0.4 is 10.5 Å². The summed E-state index contributed by atoms with van der Waals surface area (Å²) in [5, 5.41) is 0. The molecule has 0 saturated heterocycles. The molecular formula is C17H17F2NO. The number of nitrogens with two attached hydrogens (primary N) is 1. The number of hydrogen-bond donors (Lipinski definition) is 1. The molecule has 1 aliphatic rings. The first-order valence-electron chi connectivity index (χ1n) is 7.07. The molecule has 2 N–H and O–H groups in total. The Morgan fingerprint density at radius 2 is 1.95 bits per heavy atom. The maximum absolute atomic E-state index is 13.8. The number of benzene rings is 2. The summed E-state index contributed by atoms with van der Waals surface area (Å²) in [7, 11) is 0. The van der Waals surface area contributed by atoms with E-state index in [4.69, 9.17) is 10.5 Å². The van der Waals surface area contributed by atoms with E-state index in [1.807, 2.05) is 24.3 Å². The van der Waals surface area contributed by atoms with E-state index in [1.165, 1.54) is 6.07 Å². The largest absolute Gasteiger partial charge is 0.493 e. The predicted molar refractivity (Wildman–Crippen MR) is 77.3 cm³/mol. The van der Waals surface area contributed by atoms with E-state index in [-0.39, 0.29) is 12.0 Å². The molecule has 21 heavy (non-hydrogen) atoms. The second kappa shape index (κ2) is 5.82. The molecule has 2 atom stereocenters. The minimum Gasteiger partial charge on any atom is -0.493 e. The fraction of sp³-hybridized carbons (Fsp3) is 0.294. The van der Waals surface area contributed by atoms with Crippen molar-refractivity contribution in [3.8, 4) is 5.75 Å². The molecule has 110 valence electrons. The van der Waals surface area contributed by atoms with E-state index >= 15 is 0 Å². The Bertz CT molecular complexity index is 644. The third-order valence-corrected chi connectivity index (χ3v) is 4.01. The van der Waals surface area contributed by atoms with Gasteiger partial charge in [0.05, 0.1) is 6.61 Å². The highest BCUT2D eigenvalue weighted by Crippen LogP contribution is 2.35. The van der Waals surface area contributed by atoms with E-state index in [0.29, 0.717) is 18.6 Å². The third kappa shape index (κ3) is 2.76. The molecule has 0 spiro atoms. The number of hydrogen-bond acceptors (Lipinski definition) is 2. The first-order chi connectivity index (χ1) is 10.2. The van der Waals surface area contributed by atoms with Crippen molar-refractivity contribution in [3.63, 3.8) is 0 Å². The quantitative estimate of drug-likeness (QED) is 0.940. The van der Waals surface area contributed by atoms with Gasteiger partial charge in [0.25, 0.3) is 0 Å². The lowest BCUT2D eigenvalue weighted by atomic mass is 9.84. The molecule has 0 radical (unpaired) electrons. The zero-order valence-electron chi connectivity index (χ0n) is 11.6. The van der Waals surface area contributed by atoms with Crippen LogP contribution in [0.25, 0.3) is 0 Å². The van der Waals surface area contributed by atoms with Gasteiger partial charge in [-0.1, -0.05) is 30.3 Å². The number of rotatable bonds is 3. The molecule has 3 rings (SSSR count). The Morgan fingerprint density at radius 3 is 2.81 bits per heavy atom. The second-order valence-electron chi connectivity index (χ2n) is 5.36. The number of para-hydroxylation sites is 1. The van der Waals surface area contributed by atoms with Crippen molar-refractivity contribution < 1.29 is 13.5 Å². The predicted octanol–water partition coefficient (Wildman–Crippen LogP) is 3.40. The molecule has 2 aromatic rings. The van der Waals surface area contributed by atoms with Crippen LogP contribution in [0.4, 0.5) is 8.78 Å². The molecule has 0 aromatic heterocycles. The van der Waals surface area contributed by atoms with Crippen molar-refractivity contribution in [2.45, 2.75) is 24.8 Å². The molecule has 2 unspecified atom stereocenters. The summed E-state index contributed by atoms with van der Waals surface area (Å²) < 4.78 is 32.7. The smallest absolute Gasteiger partial charge is 0.162 e. The van der Waals surface area contributed by atoms with Gasteiger partial charge in [0.1, 0.15) is 5.75 Å². The number of fused-ring (bicyclic) bond motifs is 1. The van der Waals surface area contributed by atoms with Crippen LogP contribution in [0.15, 0.2) is 42.5 Å². The molecule has 2 aromatic carbocycles. The van der Waals surface area contributed by atoms with Gasteiger partial charge in [0.15, 0.2) is 11.6 Å². The van der Waals surface area contributed by atoms with Gasteiger partial charge in [-0.25, -0.2) is 8.78 Å². The van der Waals surface area contributed by atoms with E-state index in [9.17, 15) is 8.78 Å². The van der Waals surface area contributed by atoms with Gasteiger partial charge in [-0.2, -0.15) is 0 Å². The maximum Gasteiger partial charge on any atom is 0.162 e. The fourth-order valence-electron chi connectivity index (χ4n) is 2.92. The molecule has 1 aliphatic heterocycles. The Morgan fingerprint density at radius 1 is 1.14 bits per heavy atom. The van der Waals surface area contributed by atoms with Crippen LogP contribution in [-0.2, 0) is 6.42 Å². The Balaban J connectivity index is 1.83. The zero-order chi connectivity index (χ0) is 14.8. The lowest BCUT2D eigenvalue weighted by Gasteiger charge is -2.30. The molecule has 0 saturated carbocycles. The van der Waals surface area contributed by atoms with Crippen LogP contribution in [0.2, 0.25) is 0 Å². The van der Waals surface area contributed by atoms with Gasteiger partial charge in [0.2, 0.25) is 0 Å². The van der Waals surface area contributed by atoms with Gasteiger partial charge in [-0.3, -0.25) is 0 Å². The number of halogens is 2. The first kappa shape index (κ1) is 14.0. The van der Waals surface area contributed by atoms with E-state index in [0.717, 1.165) is 23.8 Å². The summed E-state index contributed by atoms with van der Waals surface area (Å²) in [6.07, 6.45) is 1.09. The van der Waals surface area contributed by atoms with Crippen molar-refractivity contribution in [2.24, 2.45) is 5.73 Å². The van der Waals surface area contributed by atoms with Crippen LogP contribution >= 0.6 is 0 Å². The average Bonchev–Trinajstić information content (AvgIpc) is 2.51. The van der Waals surface area contributed by atoms with Crippen LogP contribution in [0.3, 0.4) is 0 Å². The SMILES string of the molecule is NC(Cc1cccc(F)c1F)C1CCOc2ccccc21. The lowest BCUT2D eigenvalue weighted by molar-refractivity contribution is 0.254. The molecule has 1 heterocycles. The van der Waals surface area contributed by atoms with Gasteiger partial charge in [0, 0.05) is 12.0 Å². The van der Waals surface area contributed by atoms with Crippen LogP contribution in [0, 0.1) is 11.6 Å². The summed E-state index contributed by atoms with van der Waals surface area (Å²) in [5.41, 5.74) is 7.64. The van der Waals surface area contributed by atoms with Crippen molar-refractivity contribution in [3.05, 3.63) is 65.2 Å². The summed E-state index contributed by atoms with van der Waals surface area (Å²) in [6, 6.07) is 11.7. The first-order valence-corrected chi connectivity index (χ1v) is 7.07. The zero-order valence-corrected chi connectivity index (χ0v) is 11.6. The topological polar surface area (TPSA) is 35.2 Å². The van der Waals surface area contributed by atoms with Gasteiger partial charge < -0.3 is 10.5 Å². The molecule has 4 heteroatoms. The normalized spacial score (nSPS) is 18.7. The molecule has 2 nitrogen and oxygen atoms in total. The molecule has 0 bridgehead atoms. The minimum atomic E-state index is -0.827. The highest BCUT2D eigenvalue weighted by atomic mass is 19.2. The fourth-order valence-corrected chi connectivity index (χ4v) is 2.92. The van der Waals surface area contributed by atoms with Gasteiger partial charge >= 0.3 is 0 Å². The number of ether oxygens (including phenoxy) is 1. The summed E-state index contributed by atoms with van der Waals surface area (Å²) in [6.45, 7) is 0.598. The van der Waals surface area contributed by atoms with E-state index < -0.39 is 11.6 Å².